The molecule has 0 fully saturated rings. The number of nitrogens with one attached hydrogen (secondary N) is 1. The van der Waals surface area contributed by atoms with Crippen molar-refractivity contribution in [1.82, 2.24) is 10.2 Å². The fraction of sp³-hybridized carbons (Fsp3) is 0.333. The Balaban J connectivity index is 2.03. The molecule has 0 heterocycles. The molecule has 7 nitrogen and oxygen atoms in total. The van der Waals surface area contributed by atoms with Crippen molar-refractivity contribution in [3.8, 4) is 0 Å². The van der Waals surface area contributed by atoms with Crippen LogP contribution >= 0.6 is 23.2 Å². The number of sulfonamides is 1. The number of carbonyl (C=O) groups excluding carboxylic acids is 2. The molecule has 3 aromatic carbocycles. The zero-order valence-electron chi connectivity index (χ0n) is 23.3. The van der Waals surface area contributed by atoms with Gasteiger partial charge in [0.15, 0.2) is 0 Å². The summed E-state index contributed by atoms with van der Waals surface area (Å²) in [6.45, 7) is 9.42. The fourth-order valence-corrected chi connectivity index (χ4v) is 5.63. The number of benzene rings is 3. The molecule has 0 saturated carbocycles. The normalized spacial score (nSPS) is 12.2. The van der Waals surface area contributed by atoms with E-state index >= 15 is 0 Å². The molecule has 0 aliphatic rings. The van der Waals surface area contributed by atoms with Crippen LogP contribution in [-0.2, 0) is 26.2 Å². The van der Waals surface area contributed by atoms with Gasteiger partial charge in [-0.25, -0.2) is 8.42 Å². The maximum absolute atomic E-state index is 13.9. The quantitative estimate of drug-likeness (QED) is 0.291. The van der Waals surface area contributed by atoms with E-state index in [0.717, 1.165) is 21.0 Å². The number of rotatable bonds is 11. The molecule has 214 valence electrons. The van der Waals surface area contributed by atoms with Gasteiger partial charge in [0, 0.05) is 13.1 Å². The average molecular weight is 605 g/mol. The molecule has 0 radical (unpaired) electrons. The summed E-state index contributed by atoms with van der Waals surface area (Å²) in [5.74, 6) is -0.645. The summed E-state index contributed by atoms with van der Waals surface area (Å²) in [4.78, 5) is 28.4. The highest BCUT2D eigenvalue weighted by atomic mass is 35.5. The zero-order chi connectivity index (χ0) is 29.6. The summed E-state index contributed by atoms with van der Waals surface area (Å²) in [5.41, 5.74) is 2.93. The van der Waals surface area contributed by atoms with Crippen LogP contribution in [0.4, 0.5) is 5.69 Å². The predicted octanol–water partition coefficient (Wildman–Crippen LogP) is 6.00. The standard InChI is InChI=1S/C30H35Cl2N3O4S/c1-20(2)17-33-30(37)23(5)34(18-24-10-6-21(3)7-11-24)29(36)19-35(25-12-15-27(31)28(32)16-25)40(38,39)26-13-8-22(4)9-14-26/h6-16,20,23H,17-19H2,1-5H3,(H,33,37)/t23-/m1/s1. The molecule has 3 rings (SSSR count). The number of carbonyl (C=O) groups is 2. The molecule has 0 aliphatic heterocycles. The van der Waals surface area contributed by atoms with Crippen LogP contribution in [-0.4, -0.2) is 44.3 Å². The molecule has 10 heteroatoms. The third kappa shape index (κ3) is 7.99. The summed E-state index contributed by atoms with van der Waals surface area (Å²) < 4.78 is 28.8. The van der Waals surface area contributed by atoms with Crippen LogP contribution in [0.2, 0.25) is 10.0 Å². The van der Waals surface area contributed by atoms with E-state index in [-0.39, 0.29) is 39.0 Å². The van der Waals surface area contributed by atoms with E-state index in [1.165, 1.54) is 35.2 Å². The lowest BCUT2D eigenvalue weighted by molar-refractivity contribution is -0.139. The molecule has 1 N–H and O–H groups in total. The van der Waals surface area contributed by atoms with Gasteiger partial charge in [-0.2, -0.15) is 0 Å². The van der Waals surface area contributed by atoms with E-state index in [9.17, 15) is 18.0 Å². The highest BCUT2D eigenvalue weighted by Gasteiger charge is 2.32. The Bertz CT molecular complexity index is 1440. The second-order valence-electron chi connectivity index (χ2n) is 10.2. The second-order valence-corrected chi connectivity index (χ2v) is 12.9. The van der Waals surface area contributed by atoms with Gasteiger partial charge in [0.05, 0.1) is 20.6 Å². The summed E-state index contributed by atoms with van der Waals surface area (Å²) in [6.07, 6.45) is 0. The largest absolute Gasteiger partial charge is 0.354 e. The van der Waals surface area contributed by atoms with Crippen molar-refractivity contribution in [2.75, 3.05) is 17.4 Å². The molecule has 0 saturated heterocycles. The molecule has 2 amide bonds. The third-order valence-electron chi connectivity index (χ3n) is 6.40. The first-order valence-corrected chi connectivity index (χ1v) is 15.2. The molecule has 40 heavy (non-hydrogen) atoms. The van der Waals surface area contributed by atoms with Crippen LogP contribution in [0.5, 0.6) is 0 Å². The molecule has 3 aromatic rings. The first-order valence-electron chi connectivity index (χ1n) is 13.0. The highest BCUT2D eigenvalue weighted by molar-refractivity contribution is 7.92. The van der Waals surface area contributed by atoms with Gasteiger partial charge >= 0.3 is 0 Å². The Morgan fingerprint density at radius 2 is 1.43 bits per heavy atom. The Kier molecular flexibility index (Phi) is 10.6. The van der Waals surface area contributed by atoms with Crippen molar-refractivity contribution >= 4 is 50.7 Å². The van der Waals surface area contributed by atoms with E-state index in [1.54, 1.807) is 19.1 Å². The minimum absolute atomic E-state index is 0.0183. The van der Waals surface area contributed by atoms with Crippen LogP contribution in [0.25, 0.3) is 0 Å². The summed E-state index contributed by atoms with van der Waals surface area (Å²) >= 11 is 12.3. The lowest BCUT2D eigenvalue weighted by Crippen LogP contribution is -2.51. The minimum atomic E-state index is -4.19. The molecule has 0 unspecified atom stereocenters. The van der Waals surface area contributed by atoms with Crippen molar-refractivity contribution in [3.05, 3.63) is 93.5 Å². The van der Waals surface area contributed by atoms with Gasteiger partial charge in [-0.1, -0.05) is 84.6 Å². The number of halogens is 2. The second kappa shape index (κ2) is 13.5. The maximum atomic E-state index is 13.9. The Morgan fingerprint density at radius 3 is 1.98 bits per heavy atom. The van der Waals surface area contributed by atoms with Gasteiger partial charge in [0.1, 0.15) is 12.6 Å². The molecule has 0 spiro atoms. The topological polar surface area (TPSA) is 86.8 Å². The van der Waals surface area contributed by atoms with E-state index in [4.69, 9.17) is 23.2 Å². The Morgan fingerprint density at radius 1 is 0.850 bits per heavy atom. The van der Waals surface area contributed by atoms with Crippen LogP contribution in [0.1, 0.15) is 37.5 Å². The number of anilines is 1. The molecule has 0 aromatic heterocycles. The monoisotopic (exact) mass is 603 g/mol. The smallest absolute Gasteiger partial charge is 0.264 e. The van der Waals surface area contributed by atoms with Crippen molar-refractivity contribution < 1.29 is 18.0 Å². The zero-order valence-corrected chi connectivity index (χ0v) is 25.6. The maximum Gasteiger partial charge on any atom is 0.264 e. The van der Waals surface area contributed by atoms with Crippen molar-refractivity contribution in [1.29, 1.82) is 0 Å². The number of hydrogen-bond donors (Lipinski definition) is 1. The molecule has 0 aliphatic carbocycles. The number of hydrogen-bond acceptors (Lipinski definition) is 4. The SMILES string of the molecule is Cc1ccc(CN(C(=O)CN(c2ccc(Cl)c(Cl)c2)S(=O)(=O)c2ccc(C)cc2)[C@H](C)C(=O)NCC(C)C)cc1. The summed E-state index contributed by atoms with van der Waals surface area (Å²) in [7, 11) is -4.19. The van der Waals surface area contributed by atoms with Gasteiger partial charge in [-0.05, 0) is 62.6 Å². The number of aryl methyl sites for hydroxylation is 2. The summed E-state index contributed by atoms with van der Waals surface area (Å²) in [5, 5.41) is 3.27. The van der Waals surface area contributed by atoms with Gasteiger partial charge in [0.25, 0.3) is 10.0 Å². The molecule has 0 bridgehead atoms. The number of nitrogens with zero attached hydrogens (tertiary/aromatic N) is 2. The lowest BCUT2D eigenvalue weighted by atomic mass is 10.1. The van der Waals surface area contributed by atoms with E-state index in [2.05, 4.69) is 5.32 Å². The predicted molar refractivity (Wildman–Crippen MR) is 161 cm³/mol. The van der Waals surface area contributed by atoms with E-state index in [0.29, 0.717) is 6.54 Å². The first kappa shape index (κ1) is 31.5. The molecular weight excluding hydrogens is 569 g/mol. The van der Waals surface area contributed by atoms with E-state index in [1.807, 2.05) is 52.0 Å². The molecule has 1 atom stereocenters. The molecular formula is C30H35Cl2N3O4S. The number of amides is 2. The minimum Gasteiger partial charge on any atom is -0.354 e. The van der Waals surface area contributed by atoms with Crippen LogP contribution in [0.3, 0.4) is 0 Å². The third-order valence-corrected chi connectivity index (χ3v) is 8.93. The van der Waals surface area contributed by atoms with Crippen molar-refractivity contribution in [2.45, 2.75) is 52.1 Å². The average Bonchev–Trinajstić information content (AvgIpc) is 2.91. The van der Waals surface area contributed by atoms with Gasteiger partial charge < -0.3 is 10.2 Å². The fourth-order valence-electron chi connectivity index (χ4n) is 3.93. The van der Waals surface area contributed by atoms with Gasteiger partial charge in [-0.15, -0.1) is 0 Å². The van der Waals surface area contributed by atoms with Crippen LogP contribution in [0.15, 0.2) is 71.6 Å². The Labute approximate surface area is 247 Å². The summed E-state index contributed by atoms with van der Waals surface area (Å²) in [6, 6.07) is 17.5. The van der Waals surface area contributed by atoms with Crippen LogP contribution < -0.4 is 9.62 Å². The highest BCUT2D eigenvalue weighted by Crippen LogP contribution is 2.31. The van der Waals surface area contributed by atoms with Crippen LogP contribution in [0, 0.1) is 19.8 Å². The van der Waals surface area contributed by atoms with Crippen molar-refractivity contribution in [2.24, 2.45) is 5.92 Å². The first-order chi connectivity index (χ1) is 18.8. The van der Waals surface area contributed by atoms with Crippen molar-refractivity contribution in [3.63, 3.8) is 0 Å². The lowest BCUT2D eigenvalue weighted by Gasteiger charge is -2.32. The van der Waals surface area contributed by atoms with Gasteiger partial charge in [0.2, 0.25) is 11.8 Å². The Hall–Kier alpha value is -3.07. The van der Waals surface area contributed by atoms with Gasteiger partial charge in [-0.3, -0.25) is 13.9 Å². The van der Waals surface area contributed by atoms with E-state index < -0.39 is 28.5 Å².